The number of aromatic nitrogens is 3. The number of nitrogens with one attached hydrogen (secondary N) is 1. The summed E-state index contributed by atoms with van der Waals surface area (Å²) >= 11 is 0. The first-order valence-electron chi connectivity index (χ1n) is 8.68. The van der Waals surface area contributed by atoms with Crippen LogP contribution in [-0.2, 0) is 16.4 Å². The van der Waals surface area contributed by atoms with Crippen LogP contribution in [0.15, 0.2) is 15.6 Å². The predicted molar refractivity (Wildman–Crippen MR) is 105 cm³/mol. The van der Waals surface area contributed by atoms with Crippen LogP contribution >= 0.6 is 12.4 Å². The Kier molecular flexibility index (Phi) is 6.82. The highest BCUT2D eigenvalue weighted by Crippen LogP contribution is 2.29. The topological polar surface area (TPSA) is 101 Å². The minimum absolute atomic E-state index is 0. The number of piperidine rings is 1. The lowest BCUT2D eigenvalue weighted by Gasteiger charge is -2.25. The van der Waals surface area contributed by atoms with Crippen LogP contribution in [0.1, 0.15) is 41.5 Å². The van der Waals surface area contributed by atoms with Crippen molar-refractivity contribution in [3.8, 4) is 0 Å². The Hall–Kier alpha value is -1.71. The fourth-order valence-corrected chi connectivity index (χ4v) is 4.09. The Morgan fingerprint density at radius 3 is 2.67 bits per heavy atom. The summed E-state index contributed by atoms with van der Waals surface area (Å²) in [5, 5.41) is 7.29. The van der Waals surface area contributed by atoms with Gasteiger partial charge in [-0.25, -0.2) is 18.4 Å². The maximum absolute atomic E-state index is 12.2. The molecule has 3 rings (SSSR count). The van der Waals surface area contributed by atoms with E-state index in [4.69, 9.17) is 4.52 Å². The van der Waals surface area contributed by atoms with Crippen molar-refractivity contribution in [2.75, 3.05) is 31.3 Å². The minimum atomic E-state index is -3.38. The van der Waals surface area contributed by atoms with Crippen molar-refractivity contribution in [2.45, 2.75) is 44.0 Å². The third-order valence-corrected chi connectivity index (χ3v) is 5.88. The van der Waals surface area contributed by atoms with Gasteiger partial charge in [-0.05, 0) is 33.2 Å². The maximum Gasteiger partial charge on any atom is 0.225 e. The van der Waals surface area contributed by atoms with Crippen molar-refractivity contribution in [1.29, 1.82) is 0 Å². The highest BCUT2D eigenvalue weighted by atomic mass is 35.5. The van der Waals surface area contributed by atoms with Crippen LogP contribution < -0.4 is 10.2 Å². The number of rotatable bonds is 5. The highest BCUT2D eigenvalue weighted by Gasteiger charge is 2.26. The van der Waals surface area contributed by atoms with Gasteiger partial charge in [0.2, 0.25) is 5.95 Å². The second-order valence-corrected chi connectivity index (χ2v) is 8.88. The molecule has 3 heterocycles. The largest absolute Gasteiger partial charge is 0.361 e. The molecule has 1 aliphatic heterocycles. The Labute approximate surface area is 166 Å². The Morgan fingerprint density at radius 1 is 1.37 bits per heavy atom. The fourth-order valence-electron chi connectivity index (χ4n) is 3.26. The summed E-state index contributed by atoms with van der Waals surface area (Å²) in [5.41, 5.74) is 2.43. The van der Waals surface area contributed by atoms with Gasteiger partial charge in [0.1, 0.15) is 10.7 Å². The van der Waals surface area contributed by atoms with E-state index in [0.29, 0.717) is 18.2 Å². The Balaban J connectivity index is 0.00000261. The number of hydrogen-bond donors (Lipinski definition) is 1. The molecule has 150 valence electrons. The van der Waals surface area contributed by atoms with E-state index in [1.54, 1.807) is 0 Å². The van der Waals surface area contributed by atoms with E-state index in [1.807, 2.05) is 25.8 Å². The first-order chi connectivity index (χ1) is 12.3. The highest BCUT2D eigenvalue weighted by molar-refractivity contribution is 7.90. The van der Waals surface area contributed by atoms with Gasteiger partial charge < -0.3 is 14.7 Å². The molecular formula is C17H26ClN5O3S. The second-order valence-electron chi connectivity index (χ2n) is 6.89. The van der Waals surface area contributed by atoms with Crippen LogP contribution in [-0.4, -0.2) is 49.9 Å². The molecule has 0 amide bonds. The van der Waals surface area contributed by atoms with Crippen LogP contribution in [0.2, 0.25) is 0 Å². The van der Waals surface area contributed by atoms with E-state index in [-0.39, 0.29) is 23.2 Å². The van der Waals surface area contributed by atoms with Crippen molar-refractivity contribution in [3.05, 3.63) is 28.9 Å². The van der Waals surface area contributed by atoms with Gasteiger partial charge in [0.05, 0.1) is 24.1 Å². The number of nitrogens with zero attached hydrogens (tertiary/aromatic N) is 4. The van der Waals surface area contributed by atoms with Crippen molar-refractivity contribution in [1.82, 2.24) is 20.4 Å². The van der Waals surface area contributed by atoms with Gasteiger partial charge in [-0.1, -0.05) is 5.16 Å². The van der Waals surface area contributed by atoms with Gasteiger partial charge in [-0.2, -0.15) is 0 Å². The molecule has 0 aromatic carbocycles. The first kappa shape index (κ1) is 21.6. The second kappa shape index (κ2) is 8.53. The molecule has 1 aliphatic rings. The van der Waals surface area contributed by atoms with Crippen LogP contribution in [0.4, 0.5) is 5.95 Å². The fraction of sp³-hybridized carbons (Fsp3) is 0.588. The van der Waals surface area contributed by atoms with Crippen LogP contribution in [0.25, 0.3) is 0 Å². The van der Waals surface area contributed by atoms with Crippen molar-refractivity contribution < 1.29 is 12.9 Å². The standard InChI is InChI=1S/C17H25N5O3S.ClH/c1-11-14(12(2)25-21-11)10-22(3)17-19-9-15(26(4,23)24)16(20-17)13-6-5-7-18-8-13;/h9,13,18H,5-8,10H2,1-4H3;1H. The van der Waals surface area contributed by atoms with E-state index >= 15 is 0 Å². The molecule has 8 nitrogen and oxygen atoms in total. The molecule has 1 N–H and O–H groups in total. The van der Waals surface area contributed by atoms with Crippen LogP contribution in [0, 0.1) is 13.8 Å². The molecule has 1 fully saturated rings. The summed E-state index contributed by atoms with van der Waals surface area (Å²) in [6, 6.07) is 0. The summed E-state index contributed by atoms with van der Waals surface area (Å²) in [5.74, 6) is 1.33. The van der Waals surface area contributed by atoms with Gasteiger partial charge in [-0.3, -0.25) is 0 Å². The predicted octanol–water partition coefficient (Wildman–Crippen LogP) is 2.01. The van der Waals surface area contributed by atoms with Gasteiger partial charge in [0.25, 0.3) is 0 Å². The molecule has 0 bridgehead atoms. The normalized spacial score (nSPS) is 17.4. The van der Waals surface area contributed by atoms with Gasteiger partial charge in [0, 0.05) is 31.3 Å². The third-order valence-electron chi connectivity index (χ3n) is 4.77. The minimum Gasteiger partial charge on any atom is -0.361 e. The number of aryl methyl sites for hydroxylation is 2. The lowest BCUT2D eigenvalue weighted by Crippen LogP contribution is -2.30. The molecular weight excluding hydrogens is 390 g/mol. The molecule has 0 radical (unpaired) electrons. The van der Waals surface area contributed by atoms with Crippen LogP contribution in [0.5, 0.6) is 0 Å². The van der Waals surface area contributed by atoms with E-state index < -0.39 is 9.84 Å². The summed E-state index contributed by atoms with van der Waals surface area (Å²) in [7, 11) is -1.51. The third kappa shape index (κ3) is 4.77. The molecule has 2 aromatic heterocycles. The summed E-state index contributed by atoms with van der Waals surface area (Å²) in [6.07, 6.45) is 4.56. The van der Waals surface area contributed by atoms with E-state index in [1.165, 1.54) is 12.5 Å². The quantitative estimate of drug-likeness (QED) is 0.791. The van der Waals surface area contributed by atoms with E-state index in [2.05, 4.69) is 20.4 Å². The molecule has 27 heavy (non-hydrogen) atoms. The summed E-state index contributed by atoms with van der Waals surface area (Å²) in [6.45, 7) is 5.99. The lowest BCUT2D eigenvalue weighted by atomic mass is 9.96. The number of anilines is 1. The zero-order chi connectivity index (χ0) is 18.9. The zero-order valence-electron chi connectivity index (χ0n) is 16.0. The number of halogens is 1. The van der Waals surface area contributed by atoms with E-state index in [0.717, 1.165) is 42.9 Å². The molecule has 1 unspecified atom stereocenters. The monoisotopic (exact) mass is 415 g/mol. The smallest absolute Gasteiger partial charge is 0.225 e. The van der Waals surface area contributed by atoms with Gasteiger partial charge >= 0.3 is 0 Å². The SMILES string of the molecule is Cc1noc(C)c1CN(C)c1ncc(S(C)(=O)=O)c(C2CCCNC2)n1.Cl. The summed E-state index contributed by atoms with van der Waals surface area (Å²) < 4.78 is 29.6. The Bertz CT molecular complexity index is 874. The van der Waals surface area contributed by atoms with Crippen LogP contribution in [0.3, 0.4) is 0 Å². The lowest BCUT2D eigenvalue weighted by molar-refractivity contribution is 0.392. The van der Waals surface area contributed by atoms with Gasteiger partial charge in [0.15, 0.2) is 9.84 Å². The van der Waals surface area contributed by atoms with Crippen molar-refractivity contribution in [3.63, 3.8) is 0 Å². The molecule has 0 spiro atoms. The Morgan fingerprint density at radius 2 is 2.11 bits per heavy atom. The summed E-state index contributed by atoms with van der Waals surface area (Å²) in [4.78, 5) is 11.1. The number of sulfone groups is 1. The maximum atomic E-state index is 12.2. The molecule has 10 heteroatoms. The average molecular weight is 416 g/mol. The molecule has 0 saturated carbocycles. The van der Waals surface area contributed by atoms with Gasteiger partial charge in [-0.15, -0.1) is 12.4 Å². The van der Waals surface area contributed by atoms with Crippen molar-refractivity contribution in [2.24, 2.45) is 0 Å². The molecule has 0 aliphatic carbocycles. The van der Waals surface area contributed by atoms with Crippen molar-refractivity contribution >= 4 is 28.2 Å². The number of hydrogen-bond acceptors (Lipinski definition) is 8. The molecule has 1 saturated heterocycles. The molecule has 2 aromatic rings. The first-order valence-corrected chi connectivity index (χ1v) is 10.6. The molecule has 1 atom stereocenters. The zero-order valence-corrected chi connectivity index (χ0v) is 17.7. The average Bonchev–Trinajstić information content (AvgIpc) is 2.93. The van der Waals surface area contributed by atoms with E-state index in [9.17, 15) is 8.42 Å².